The molecule has 1 N–H and O–H groups in total. The van der Waals surface area contributed by atoms with Gasteiger partial charge in [-0.1, -0.05) is 18.5 Å². The van der Waals surface area contributed by atoms with Crippen molar-refractivity contribution in [1.29, 1.82) is 0 Å². The zero-order valence-electron chi connectivity index (χ0n) is 10.4. The zero-order valence-corrected chi connectivity index (χ0v) is 12.1. The van der Waals surface area contributed by atoms with Gasteiger partial charge in [-0.25, -0.2) is 0 Å². The van der Waals surface area contributed by atoms with Crippen molar-refractivity contribution in [2.45, 2.75) is 24.7 Å². The van der Waals surface area contributed by atoms with Crippen molar-refractivity contribution in [2.24, 2.45) is 0 Å². The highest BCUT2D eigenvalue weighted by Crippen LogP contribution is 2.19. The lowest BCUT2D eigenvalue weighted by Gasteiger charge is -2.07. The lowest BCUT2D eigenvalue weighted by molar-refractivity contribution is 0.0941. The first-order chi connectivity index (χ1) is 8.65. The predicted octanol–water partition coefficient (Wildman–Crippen LogP) is 3.18. The standard InChI is InChI=1S/C13H18ClNO2S/c1-2-7-17-8-3-6-15-13(16)11-9-10(18)4-5-12(11)14/h4-5,9,18H,2-3,6-8H2,1H3,(H,15,16). The second-order valence-electron chi connectivity index (χ2n) is 3.89. The molecule has 1 rings (SSSR count). The normalized spacial score (nSPS) is 10.4. The highest BCUT2D eigenvalue weighted by Gasteiger charge is 2.09. The third-order valence-electron chi connectivity index (χ3n) is 2.29. The summed E-state index contributed by atoms with van der Waals surface area (Å²) in [5.41, 5.74) is 0.457. The summed E-state index contributed by atoms with van der Waals surface area (Å²) in [5.74, 6) is -0.175. The van der Waals surface area contributed by atoms with Gasteiger partial charge >= 0.3 is 0 Å². The Morgan fingerprint density at radius 1 is 1.44 bits per heavy atom. The number of carbonyl (C=O) groups excluding carboxylic acids is 1. The van der Waals surface area contributed by atoms with Gasteiger partial charge < -0.3 is 10.1 Å². The molecule has 0 aliphatic carbocycles. The quantitative estimate of drug-likeness (QED) is 0.597. The molecule has 100 valence electrons. The van der Waals surface area contributed by atoms with E-state index in [0.29, 0.717) is 23.7 Å². The van der Waals surface area contributed by atoms with Crippen LogP contribution in [0.15, 0.2) is 23.1 Å². The molecular formula is C13H18ClNO2S. The maximum atomic E-state index is 11.8. The van der Waals surface area contributed by atoms with Crippen LogP contribution in [0.2, 0.25) is 5.02 Å². The number of amides is 1. The molecule has 18 heavy (non-hydrogen) atoms. The molecule has 0 saturated carbocycles. The number of nitrogens with one attached hydrogen (secondary N) is 1. The molecular weight excluding hydrogens is 270 g/mol. The molecule has 0 spiro atoms. The van der Waals surface area contributed by atoms with Crippen molar-refractivity contribution in [1.82, 2.24) is 5.32 Å². The molecule has 0 saturated heterocycles. The summed E-state index contributed by atoms with van der Waals surface area (Å²) in [6.07, 6.45) is 1.81. The summed E-state index contributed by atoms with van der Waals surface area (Å²) in [7, 11) is 0. The summed E-state index contributed by atoms with van der Waals surface area (Å²) in [4.78, 5) is 12.6. The van der Waals surface area contributed by atoms with E-state index in [1.165, 1.54) is 0 Å². The minimum Gasteiger partial charge on any atom is -0.381 e. The number of ether oxygens (including phenoxy) is 1. The number of benzene rings is 1. The van der Waals surface area contributed by atoms with E-state index in [9.17, 15) is 4.79 Å². The second-order valence-corrected chi connectivity index (χ2v) is 4.81. The topological polar surface area (TPSA) is 38.3 Å². The molecule has 1 aromatic carbocycles. The Morgan fingerprint density at radius 2 is 2.22 bits per heavy atom. The number of hydrogen-bond donors (Lipinski definition) is 2. The lowest BCUT2D eigenvalue weighted by Crippen LogP contribution is -2.25. The lowest BCUT2D eigenvalue weighted by atomic mass is 10.2. The average Bonchev–Trinajstić information content (AvgIpc) is 2.36. The summed E-state index contributed by atoms with van der Waals surface area (Å²) in [6.45, 7) is 4.07. The average molecular weight is 288 g/mol. The van der Waals surface area contributed by atoms with Gasteiger partial charge in [0.25, 0.3) is 5.91 Å². The fourth-order valence-corrected chi connectivity index (χ4v) is 1.81. The van der Waals surface area contributed by atoms with E-state index >= 15 is 0 Å². The molecule has 0 heterocycles. The summed E-state index contributed by atoms with van der Waals surface area (Å²) in [5, 5.41) is 3.24. The van der Waals surface area contributed by atoms with Crippen molar-refractivity contribution in [3.05, 3.63) is 28.8 Å². The van der Waals surface area contributed by atoms with Crippen LogP contribution in [0, 0.1) is 0 Å². The molecule has 0 bridgehead atoms. The summed E-state index contributed by atoms with van der Waals surface area (Å²) in [6, 6.07) is 5.08. The van der Waals surface area contributed by atoms with E-state index in [1.54, 1.807) is 18.2 Å². The molecule has 5 heteroatoms. The van der Waals surface area contributed by atoms with Crippen LogP contribution in [0.25, 0.3) is 0 Å². The number of carbonyl (C=O) groups is 1. The van der Waals surface area contributed by atoms with E-state index in [-0.39, 0.29) is 5.91 Å². The van der Waals surface area contributed by atoms with Gasteiger partial charge in [0.15, 0.2) is 0 Å². The Bertz CT molecular complexity index is 399. The van der Waals surface area contributed by atoms with Crippen molar-refractivity contribution < 1.29 is 9.53 Å². The molecule has 0 aromatic heterocycles. The fraction of sp³-hybridized carbons (Fsp3) is 0.462. The van der Waals surface area contributed by atoms with Crippen LogP contribution >= 0.6 is 24.2 Å². The van der Waals surface area contributed by atoms with E-state index < -0.39 is 0 Å². The molecule has 3 nitrogen and oxygen atoms in total. The van der Waals surface area contributed by atoms with Crippen LogP contribution in [0.3, 0.4) is 0 Å². The Hall–Kier alpha value is -0.710. The minimum atomic E-state index is -0.175. The minimum absolute atomic E-state index is 0.175. The first-order valence-corrected chi connectivity index (χ1v) is 6.82. The first kappa shape index (κ1) is 15.3. The molecule has 0 atom stereocenters. The van der Waals surface area contributed by atoms with Crippen molar-refractivity contribution >= 4 is 30.1 Å². The molecule has 0 unspecified atom stereocenters. The first-order valence-electron chi connectivity index (χ1n) is 5.99. The maximum Gasteiger partial charge on any atom is 0.252 e. The smallest absolute Gasteiger partial charge is 0.252 e. The summed E-state index contributed by atoms with van der Waals surface area (Å²) >= 11 is 10.1. The van der Waals surface area contributed by atoms with Gasteiger partial charge in [-0.3, -0.25) is 4.79 Å². The van der Waals surface area contributed by atoms with Gasteiger partial charge in [0, 0.05) is 24.7 Å². The van der Waals surface area contributed by atoms with Crippen LogP contribution < -0.4 is 5.32 Å². The highest BCUT2D eigenvalue weighted by molar-refractivity contribution is 7.80. The molecule has 0 fully saturated rings. The van der Waals surface area contributed by atoms with E-state index in [1.807, 2.05) is 0 Å². The third-order valence-corrected chi connectivity index (χ3v) is 2.90. The van der Waals surface area contributed by atoms with E-state index in [2.05, 4.69) is 24.9 Å². The maximum absolute atomic E-state index is 11.8. The number of rotatable bonds is 7. The van der Waals surface area contributed by atoms with Gasteiger partial charge in [0.1, 0.15) is 0 Å². The van der Waals surface area contributed by atoms with Crippen molar-refractivity contribution in [3.63, 3.8) is 0 Å². The molecule has 0 aliphatic rings. The van der Waals surface area contributed by atoms with E-state index in [0.717, 1.165) is 24.3 Å². The molecule has 0 aliphatic heterocycles. The van der Waals surface area contributed by atoms with Crippen LogP contribution in [0.5, 0.6) is 0 Å². The largest absolute Gasteiger partial charge is 0.381 e. The van der Waals surface area contributed by atoms with Crippen LogP contribution in [-0.4, -0.2) is 25.7 Å². The zero-order chi connectivity index (χ0) is 13.4. The number of hydrogen-bond acceptors (Lipinski definition) is 3. The molecule has 1 aromatic rings. The van der Waals surface area contributed by atoms with Crippen LogP contribution in [-0.2, 0) is 4.74 Å². The van der Waals surface area contributed by atoms with Gasteiger partial charge in [-0.2, -0.15) is 0 Å². The van der Waals surface area contributed by atoms with Crippen molar-refractivity contribution in [2.75, 3.05) is 19.8 Å². The Balaban J connectivity index is 2.34. The van der Waals surface area contributed by atoms with Crippen LogP contribution in [0.1, 0.15) is 30.1 Å². The SMILES string of the molecule is CCCOCCCNC(=O)c1cc(S)ccc1Cl. The van der Waals surface area contributed by atoms with Gasteiger partial charge in [0.2, 0.25) is 0 Å². The molecule has 0 radical (unpaired) electrons. The van der Waals surface area contributed by atoms with Crippen molar-refractivity contribution in [3.8, 4) is 0 Å². The predicted molar refractivity (Wildman–Crippen MR) is 76.8 cm³/mol. The van der Waals surface area contributed by atoms with E-state index in [4.69, 9.17) is 16.3 Å². The summed E-state index contributed by atoms with van der Waals surface area (Å²) < 4.78 is 5.32. The number of halogens is 1. The van der Waals surface area contributed by atoms with Gasteiger partial charge in [0.05, 0.1) is 10.6 Å². The Kier molecular flexibility index (Phi) is 7.16. The van der Waals surface area contributed by atoms with Crippen LogP contribution in [0.4, 0.5) is 0 Å². The fourth-order valence-electron chi connectivity index (χ4n) is 1.41. The van der Waals surface area contributed by atoms with Gasteiger partial charge in [-0.15, -0.1) is 12.6 Å². The number of thiol groups is 1. The third kappa shape index (κ3) is 5.29. The highest BCUT2D eigenvalue weighted by atomic mass is 35.5. The Morgan fingerprint density at radius 3 is 2.94 bits per heavy atom. The van der Waals surface area contributed by atoms with Gasteiger partial charge in [-0.05, 0) is 31.0 Å². The monoisotopic (exact) mass is 287 g/mol. The second kappa shape index (κ2) is 8.40. The molecule has 1 amide bonds. The Labute approximate surface area is 118 Å².